The Bertz CT molecular complexity index is 576. The summed E-state index contributed by atoms with van der Waals surface area (Å²) in [6.07, 6.45) is 1.32. The first kappa shape index (κ1) is 15.8. The highest BCUT2D eigenvalue weighted by molar-refractivity contribution is 7.90. The molecule has 0 amide bonds. The minimum Gasteiger partial charge on any atom is -0.456 e. The van der Waals surface area contributed by atoms with Crippen molar-refractivity contribution in [3.63, 3.8) is 0 Å². The Morgan fingerprint density at radius 1 is 1.32 bits per heavy atom. The highest BCUT2D eigenvalue weighted by atomic mass is 32.2. The van der Waals surface area contributed by atoms with Crippen molar-refractivity contribution in [2.75, 3.05) is 0 Å². The molecular formula is C13H21NO4S. The zero-order chi connectivity index (χ0) is 15.0. The second kappa shape index (κ2) is 5.00. The molecule has 0 unspecified atom stereocenters. The van der Waals surface area contributed by atoms with Gasteiger partial charge in [0, 0.05) is 11.9 Å². The van der Waals surface area contributed by atoms with Crippen LogP contribution < -0.4 is 0 Å². The van der Waals surface area contributed by atoms with Gasteiger partial charge in [0.1, 0.15) is 5.60 Å². The standard InChI is InChI=1S/C13H21NO4S/c1-9(2)19(16,17)14-8-11(7-10(14)3)12(15)18-13(4,5)6/h7-9H,1-6H3. The summed E-state index contributed by atoms with van der Waals surface area (Å²) in [4.78, 5) is 11.9. The molecule has 0 radical (unpaired) electrons. The Labute approximate surface area is 114 Å². The molecule has 0 atom stereocenters. The van der Waals surface area contributed by atoms with E-state index in [4.69, 9.17) is 4.74 Å². The van der Waals surface area contributed by atoms with Crippen molar-refractivity contribution < 1.29 is 17.9 Å². The van der Waals surface area contributed by atoms with E-state index in [-0.39, 0.29) is 5.56 Å². The lowest BCUT2D eigenvalue weighted by atomic mass is 10.2. The van der Waals surface area contributed by atoms with E-state index < -0.39 is 26.8 Å². The molecule has 0 aliphatic rings. The van der Waals surface area contributed by atoms with Crippen molar-refractivity contribution >= 4 is 16.0 Å². The molecule has 1 rings (SSSR count). The average molecular weight is 287 g/mol. The molecule has 0 saturated carbocycles. The lowest BCUT2D eigenvalue weighted by Crippen LogP contribution is -2.24. The minimum atomic E-state index is -3.46. The number of hydrogen-bond acceptors (Lipinski definition) is 4. The van der Waals surface area contributed by atoms with Crippen LogP contribution in [0.5, 0.6) is 0 Å². The topological polar surface area (TPSA) is 65.4 Å². The summed E-state index contributed by atoms with van der Waals surface area (Å²) in [5.74, 6) is -0.520. The van der Waals surface area contributed by atoms with Gasteiger partial charge in [0.15, 0.2) is 0 Å². The molecule has 19 heavy (non-hydrogen) atoms. The van der Waals surface area contributed by atoms with Crippen molar-refractivity contribution in [3.8, 4) is 0 Å². The SMILES string of the molecule is Cc1cc(C(=O)OC(C)(C)C)cn1S(=O)(=O)C(C)C. The van der Waals surface area contributed by atoms with Gasteiger partial charge in [0.25, 0.3) is 0 Å². The van der Waals surface area contributed by atoms with Crippen LogP contribution in [0, 0.1) is 6.92 Å². The molecule has 5 nitrogen and oxygen atoms in total. The van der Waals surface area contributed by atoms with Gasteiger partial charge in [-0.3, -0.25) is 0 Å². The first-order chi connectivity index (χ1) is 8.45. The Morgan fingerprint density at radius 3 is 2.26 bits per heavy atom. The summed E-state index contributed by atoms with van der Waals surface area (Å²) in [6.45, 7) is 10.1. The second-order valence-electron chi connectivity index (χ2n) is 5.76. The van der Waals surface area contributed by atoms with Crippen molar-refractivity contribution in [2.24, 2.45) is 0 Å². The Morgan fingerprint density at radius 2 is 1.84 bits per heavy atom. The first-order valence-electron chi connectivity index (χ1n) is 6.12. The monoisotopic (exact) mass is 287 g/mol. The molecular weight excluding hydrogens is 266 g/mol. The van der Waals surface area contributed by atoms with Crippen molar-refractivity contribution in [1.29, 1.82) is 0 Å². The van der Waals surface area contributed by atoms with Crippen LogP contribution in [-0.2, 0) is 14.8 Å². The fraction of sp³-hybridized carbons (Fsp3) is 0.615. The van der Waals surface area contributed by atoms with Gasteiger partial charge in [-0.05, 0) is 47.6 Å². The fourth-order valence-corrected chi connectivity index (χ4v) is 2.67. The van der Waals surface area contributed by atoms with Crippen LogP contribution in [0.1, 0.15) is 50.7 Å². The summed E-state index contributed by atoms with van der Waals surface area (Å²) in [5, 5.41) is -0.551. The van der Waals surface area contributed by atoms with E-state index in [0.29, 0.717) is 5.69 Å². The maximum absolute atomic E-state index is 12.1. The lowest BCUT2D eigenvalue weighted by molar-refractivity contribution is 0.00697. The summed E-state index contributed by atoms with van der Waals surface area (Å²) in [7, 11) is -3.46. The van der Waals surface area contributed by atoms with E-state index in [1.165, 1.54) is 12.3 Å². The van der Waals surface area contributed by atoms with E-state index in [1.54, 1.807) is 41.5 Å². The third kappa shape index (κ3) is 3.59. The molecule has 0 fully saturated rings. The number of esters is 1. The number of carbonyl (C=O) groups excluding carboxylic acids is 1. The van der Waals surface area contributed by atoms with Crippen molar-refractivity contribution in [1.82, 2.24) is 3.97 Å². The van der Waals surface area contributed by atoms with Gasteiger partial charge in [0.05, 0.1) is 10.8 Å². The van der Waals surface area contributed by atoms with E-state index in [9.17, 15) is 13.2 Å². The molecule has 0 aliphatic carbocycles. The third-order valence-corrected chi connectivity index (χ3v) is 4.61. The van der Waals surface area contributed by atoms with Gasteiger partial charge >= 0.3 is 5.97 Å². The predicted molar refractivity (Wildman–Crippen MR) is 73.8 cm³/mol. The highest BCUT2D eigenvalue weighted by Gasteiger charge is 2.24. The smallest absolute Gasteiger partial charge is 0.340 e. The normalized spacial score (nSPS) is 12.8. The number of aromatic nitrogens is 1. The number of carbonyl (C=O) groups is 1. The van der Waals surface area contributed by atoms with Crippen molar-refractivity contribution in [2.45, 2.75) is 52.4 Å². The third-order valence-electron chi connectivity index (χ3n) is 2.47. The molecule has 6 heteroatoms. The van der Waals surface area contributed by atoms with Gasteiger partial charge in [-0.2, -0.15) is 0 Å². The summed E-state index contributed by atoms with van der Waals surface area (Å²) < 4.78 is 30.5. The summed E-state index contributed by atoms with van der Waals surface area (Å²) >= 11 is 0. The van der Waals surface area contributed by atoms with Crippen LogP contribution in [0.25, 0.3) is 0 Å². The highest BCUT2D eigenvalue weighted by Crippen LogP contribution is 2.17. The number of ether oxygens (including phenoxy) is 1. The number of rotatable bonds is 3. The van der Waals surface area contributed by atoms with E-state index in [2.05, 4.69) is 0 Å². The Kier molecular flexibility index (Phi) is 4.14. The van der Waals surface area contributed by atoms with Gasteiger partial charge in [-0.25, -0.2) is 17.2 Å². The van der Waals surface area contributed by atoms with Gasteiger partial charge in [0.2, 0.25) is 10.0 Å². The quantitative estimate of drug-likeness (QED) is 0.800. The zero-order valence-electron chi connectivity index (χ0n) is 12.2. The van der Waals surface area contributed by atoms with E-state index in [1.807, 2.05) is 0 Å². The van der Waals surface area contributed by atoms with Crippen LogP contribution in [-0.4, -0.2) is 29.2 Å². The Balaban J connectivity index is 3.15. The van der Waals surface area contributed by atoms with Crippen molar-refractivity contribution in [3.05, 3.63) is 23.5 Å². The van der Waals surface area contributed by atoms with Crippen LogP contribution in [0.3, 0.4) is 0 Å². The minimum absolute atomic E-state index is 0.247. The van der Waals surface area contributed by atoms with E-state index in [0.717, 1.165) is 3.97 Å². The Hall–Kier alpha value is -1.30. The molecule has 1 aromatic rings. The molecule has 0 aromatic carbocycles. The second-order valence-corrected chi connectivity index (χ2v) is 8.13. The molecule has 108 valence electrons. The zero-order valence-corrected chi connectivity index (χ0v) is 13.0. The first-order valence-corrected chi connectivity index (χ1v) is 7.62. The maximum atomic E-state index is 12.1. The van der Waals surface area contributed by atoms with Gasteiger partial charge in [-0.1, -0.05) is 0 Å². The summed E-state index contributed by atoms with van der Waals surface area (Å²) in [6, 6.07) is 1.52. The molecule has 0 spiro atoms. The van der Waals surface area contributed by atoms with Crippen LogP contribution in [0.15, 0.2) is 12.3 Å². The molecule has 0 N–H and O–H groups in total. The maximum Gasteiger partial charge on any atom is 0.340 e. The number of hydrogen-bond donors (Lipinski definition) is 0. The van der Waals surface area contributed by atoms with Crippen LogP contribution in [0.4, 0.5) is 0 Å². The van der Waals surface area contributed by atoms with Crippen LogP contribution in [0.2, 0.25) is 0 Å². The van der Waals surface area contributed by atoms with Gasteiger partial charge < -0.3 is 4.74 Å². The predicted octanol–water partition coefficient (Wildman–Crippen LogP) is 2.34. The van der Waals surface area contributed by atoms with Crippen LogP contribution >= 0.6 is 0 Å². The molecule has 1 aromatic heterocycles. The molecule has 0 aliphatic heterocycles. The van der Waals surface area contributed by atoms with E-state index >= 15 is 0 Å². The number of aryl methyl sites for hydroxylation is 1. The molecule has 0 bridgehead atoms. The molecule has 0 saturated heterocycles. The number of nitrogens with zero attached hydrogens (tertiary/aromatic N) is 1. The van der Waals surface area contributed by atoms with Gasteiger partial charge in [-0.15, -0.1) is 0 Å². The lowest BCUT2D eigenvalue weighted by Gasteiger charge is -2.18. The largest absolute Gasteiger partial charge is 0.456 e. The fourth-order valence-electron chi connectivity index (χ4n) is 1.50. The summed E-state index contributed by atoms with van der Waals surface area (Å²) in [5.41, 5.74) is 0.135. The average Bonchev–Trinajstić information content (AvgIpc) is 2.58. The molecule has 1 heterocycles.